The van der Waals surface area contributed by atoms with Crippen molar-refractivity contribution in [2.45, 2.75) is 43.5 Å². The quantitative estimate of drug-likeness (QED) is 0.845. The second kappa shape index (κ2) is 6.00. The molecule has 1 saturated heterocycles. The van der Waals surface area contributed by atoms with Gasteiger partial charge in [0.2, 0.25) is 10.0 Å². The minimum atomic E-state index is -3.56. The van der Waals surface area contributed by atoms with Gasteiger partial charge in [0.25, 0.3) is 0 Å². The number of hydrogen-bond acceptors (Lipinski definition) is 2. The lowest BCUT2D eigenvalue weighted by atomic mass is 10.0. The first-order valence-corrected chi connectivity index (χ1v) is 8.63. The fourth-order valence-corrected chi connectivity index (χ4v) is 5.01. The van der Waals surface area contributed by atoms with E-state index in [9.17, 15) is 8.42 Å². The summed E-state index contributed by atoms with van der Waals surface area (Å²) >= 11 is 11.9. The Labute approximate surface area is 124 Å². The largest absolute Gasteiger partial charge is 0.244 e. The number of benzene rings is 1. The molecule has 0 unspecified atom stereocenters. The summed E-state index contributed by atoms with van der Waals surface area (Å²) in [6.07, 6.45) is 3.70. The van der Waals surface area contributed by atoms with E-state index in [4.69, 9.17) is 23.2 Å². The van der Waals surface area contributed by atoms with Gasteiger partial charge in [-0.25, -0.2) is 8.42 Å². The summed E-state index contributed by atoms with van der Waals surface area (Å²) < 4.78 is 27.0. The molecule has 0 amide bonds. The summed E-state index contributed by atoms with van der Waals surface area (Å²) in [5.41, 5.74) is 0. The molecule has 6 heteroatoms. The lowest BCUT2D eigenvalue weighted by molar-refractivity contribution is 0.246. The molecule has 1 heterocycles. The monoisotopic (exact) mass is 321 g/mol. The molecule has 0 radical (unpaired) electrons. The zero-order valence-electron chi connectivity index (χ0n) is 10.8. The van der Waals surface area contributed by atoms with E-state index in [0.29, 0.717) is 11.6 Å². The summed E-state index contributed by atoms with van der Waals surface area (Å²) in [6, 6.07) is 4.62. The normalized spacial score (nSPS) is 21.5. The number of sulfonamides is 1. The third-order valence-corrected chi connectivity index (χ3v) is 6.19. The van der Waals surface area contributed by atoms with Gasteiger partial charge in [0, 0.05) is 17.6 Å². The highest BCUT2D eigenvalue weighted by molar-refractivity contribution is 7.89. The zero-order valence-corrected chi connectivity index (χ0v) is 13.1. The smallest absolute Gasteiger partial charge is 0.207 e. The van der Waals surface area contributed by atoms with E-state index in [-0.39, 0.29) is 16.0 Å². The first kappa shape index (κ1) is 15.1. The van der Waals surface area contributed by atoms with Crippen LogP contribution in [0, 0.1) is 0 Å². The van der Waals surface area contributed by atoms with Crippen molar-refractivity contribution in [1.82, 2.24) is 4.31 Å². The van der Waals surface area contributed by atoms with Gasteiger partial charge in [-0.1, -0.05) is 36.5 Å². The van der Waals surface area contributed by atoms with Crippen LogP contribution in [0.1, 0.15) is 32.6 Å². The standard InChI is InChI=1S/C13H17Cl2NO2S/c1-2-11-5-3-4-8-16(11)19(17,18)13-9-10(14)6-7-12(13)15/h6-7,9,11H,2-5,8H2,1H3/t11-/m1/s1. The Morgan fingerprint density at radius 2 is 2.05 bits per heavy atom. The van der Waals surface area contributed by atoms with E-state index < -0.39 is 10.0 Å². The molecule has 1 fully saturated rings. The molecule has 1 aliphatic heterocycles. The van der Waals surface area contributed by atoms with Crippen LogP contribution in [0.3, 0.4) is 0 Å². The van der Waals surface area contributed by atoms with E-state index in [1.54, 1.807) is 10.4 Å². The van der Waals surface area contributed by atoms with Crippen LogP contribution in [0.2, 0.25) is 10.0 Å². The van der Waals surface area contributed by atoms with Crippen molar-refractivity contribution in [3.05, 3.63) is 28.2 Å². The van der Waals surface area contributed by atoms with Crippen molar-refractivity contribution < 1.29 is 8.42 Å². The van der Waals surface area contributed by atoms with Crippen LogP contribution in [0.4, 0.5) is 0 Å². The molecule has 106 valence electrons. The third kappa shape index (κ3) is 3.07. The van der Waals surface area contributed by atoms with Crippen molar-refractivity contribution in [2.24, 2.45) is 0 Å². The van der Waals surface area contributed by atoms with Crippen molar-refractivity contribution in [2.75, 3.05) is 6.54 Å². The van der Waals surface area contributed by atoms with Crippen LogP contribution in [0.25, 0.3) is 0 Å². The van der Waals surface area contributed by atoms with Crippen molar-refractivity contribution >= 4 is 33.2 Å². The summed E-state index contributed by atoms with van der Waals surface area (Å²) in [5.74, 6) is 0. The highest BCUT2D eigenvalue weighted by Gasteiger charge is 2.33. The number of halogens is 2. The Morgan fingerprint density at radius 3 is 2.74 bits per heavy atom. The molecule has 0 aliphatic carbocycles. The average molecular weight is 322 g/mol. The fourth-order valence-electron chi connectivity index (χ4n) is 2.50. The maximum Gasteiger partial charge on any atom is 0.244 e. The Kier molecular flexibility index (Phi) is 4.77. The molecule has 1 aromatic carbocycles. The Morgan fingerprint density at radius 1 is 1.32 bits per heavy atom. The molecule has 0 aromatic heterocycles. The van der Waals surface area contributed by atoms with Gasteiger partial charge in [-0.05, 0) is 37.5 Å². The molecule has 1 aromatic rings. The van der Waals surface area contributed by atoms with Gasteiger partial charge < -0.3 is 0 Å². The number of rotatable bonds is 3. The first-order chi connectivity index (χ1) is 8.96. The molecule has 0 bridgehead atoms. The Balaban J connectivity index is 2.43. The van der Waals surface area contributed by atoms with Crippen molar-refractivity contribution in [3.63, 3.8) is 0 Å². The molecule has 19 heavy (non-hydrogen) atoms. The molecular weight excluding hydrogens is 305 g/mol. The third-order valence-electron chi connectivity index (χ3n) is 3.52. The molecule has 3 nitrogen and oxygen atoms in total. The maximum absolute atomic E-state index is 12.7. The lowest BCUT2D eigenvalue weighted by Crippen LogP contribution is -2.43. The van der Waals surface area contributed by atoms with E-state index >= 15 is 0 Å². The molecular formula is C13H17Cl2NO2S. The molecule has 1 atom stereocenters. The minimum Gasteiger partial charge on any atom is -0.207 e. The maximum atomic E-state index is 12.7. The van der Waals surface area contributed by atoms with Gasteiger partial charge in [-0.2, -0.15) is 4.31 Å². The summed E-state index contributed by atoms with van der Waals surface area (Å²) in [4.78, 5) is 0.113. The Bertz CT molecular complexity index is 560. The summed E-state index contributed by atoms with van der Waals surface area (Å²) in [6.45, 7) is 2.57. The number of nitrogens with zero attached hydrogens (tertiary/aromatic N) is 1. The fraction of sp³-hybridized carbons (Fsp3) is 0.538. The van der Waals surface area contributed by atoms with Crippen LogP contribution in [0.5, 0.6) is 0 Å². The summed E-state index contributed by atoms with van der Waals surface area (Å²) in [5, 5.41) is 0.609. The lowest BCUT2D eigenvalue weighted by Gasteiger charge is -2.34. The molecule has 0 N–H and O–H groups in total. The Hall–Kier alpha value is -0.290. The van der Waals surface area contributed by atoms with Gasteiger partial charge in [-0.3, -0.25) is 0 Å². The van der Waals surface area contributed by atoms with Crippen LogP contribution in [0.15, 0.2) is 23.1 Å². The number of hydrogen-bond donors (Lipinski definition) is 0. The van der Waals surface area contributed by atoms with Gasteiger partial charge in [-0.15, -0.1) is 0 Å². The van der Waals surface area contributed by atoms with Gasteiger partial charge >= 0.3 is 0 Å². The van der Waals surface area contributed by atoms with Crippen LogP contribution < -0.4 is 0 Å². The van der Waals surface area contributed by atoms with Crippen LogP contribution in [-0.2, 0) is 10.0 Å². The van der Waals surface area contributed by atoms with Crippen LogP contribution in [-0.4, -0.2) is 25.3 Å². The predicted octanol–water partition coefficient (Wildman–Crippen LogP) is 3.95. The topological polar surface area (TPSA) is 37.4 Å². The molecule has 0 saturated carbocycles. The minimum absolute atomic E-state index is 0.0637. The van der Waals surface area contributed by atoms with E-state index in [1.165, 1.54) is 12.1 Å². The van der Waals surface area contributed by atoms with Gasteiger partial charge in [0.1, 0.15) is 4.90 Å². The van der Waals surface area contributed by atoms with Crippen molar-refractivity contribution in [3.8, 4) is 0 Å². The predicted molar refractivity (Wildman–Crippen MR) is 78.3 cm³/mol. The second-order valence-corrected chi connectivity index (χ2v) is 7.45. The SMILES string of the molecule is CC[C@@H]1CCCCN1S(=O)(=O)c1cc(Cl)ccc1Cl. The van der Waals surface area contributed by atoms with E-state index in [1.807, 2.05) is 6.92 Å². The average Bonchev–Trinajstić information content (AvgIpc) is 2.41. The van der Waals surface area contributed by atoms with E-state index in [0.717, 1.165) is 25.7 Å². The second-order valence-electron chi connectivity index (χ2n) is 4.75. The first-order valence-electron chi connectivity index (χ1n) is 6.43. The highest BCUT2D eigenvalue weighted by atomic mass is 35.5. The van der Waals surface area contributed by atoms with Gasteiger partial charge in [0.15, 0.2) is 0 Å². The molecule has 2 rings (SSSR count). The van der Waals surface area contributed by atoms with E-state index in [2.05, 4.69) is 0 Å². The van der Waals surface area contributed by atoms with Crippen LogP contribution >= 0.6 is 23.2 Å². The molecule has 0 spiro atoms. The molecule has 1 aliphatic rings. The van der Waals surface area contributed by atoms with Gasteiger partial charge in [0.05, 0.1) is 5.02 Å². The number of piperidine rings is 1. The zero-order chi connectivity index (χ0) is 14.0. The highest BCUT2D eigenvalue weighted by Crippen LogP contribution is 2.32. The van der Waals surface area contributed by atoms with Crippen molar-refractivity contribution in [1.29, 1.82) is 0 Å². The summed E-state index contributed by atoms with van der Waals surface area (Å²) in [7, 11) is -3.56.